The fourth-order valence-electron chi connectivity index (χ4n) is 1.93. The number of benzene rings is 2. The van der Waals surface area contributed by atoms with Crippen molar-refractivity contribution in [3.05, 3.63) is 70.0 Å². The van der Waals surface area contributed by atoms with E-state index in [1.807, 2.05) is 0 Å². The average Bonchev–Trinajstić information content (AvgIpc) is 2.27. The van der Waals surface area contributed by atoms with Crippen molar-refractivity contribution in [2.45, 2.75) is 12.5 Å². The second-order valence-corrected chi connectivity index (χ2v) is 4.66. The van der Waals surface area contributed by atoms with E-state index in [0.717, 1.165) is 5.56 Å². The van der Waals surface area contributed by atoms with Crippen molar-refractivity contribution >= 4 is 11.6 Å². The lowest BCUT2D eigenvalue weighted by atomic mass is 9.98. The molecule has 1 nitrogen and oxygen atoms in total. The molecule has 0 bridgehead atoms. The second-order valence-electron chi connectivity index (χ2n) is 4.22. The lowest BCUT2D eigenvalue weighted by molar-refractivity contribution is 0.501. The first-order chi connectivity index (χ1) is 8.97. The molecule has 1 atom stereocenters. The summed E-state index contributed by atoms with van der Waals surface area (Å²) in [6, 6.07) is 7.18. The van der Waals surface area contributed by atoms with Crippen LogP contribution in [0, 0.1) is 17.5 Å². The maximum atomic E-state index is 13.6. The Morgan fingerprint density at radius 2 is 1.68 bits per heavy atom. The highest BCUT2D eigenvalue weighted by molar-refractivity contribution is 6.30. The minimum absolute atomic E-state index is 0.208. The van der Waals surface area contributed by atoms with Crippen molar-refractivity contribution in [1.29, 1.82) is 0 Å². The van der Waals surface area contributed by atoms with Gasteiger partial charge in [-0.3, -0.25) is 0 Å². The van der Waals surface area contributed by atoms with Crippen LogP contribution in [0.3, 0.4) is 0 Å². The fraction of sp³-hybridized carbons (Fsp3) is 0.143. The molecule has 0 aliphatic carbocycles. The Morgan fingerprint density at radius 3 is 2.26 bits per heavy atom. The van der Waals surface area contributed by atoms with E-state index in [4.69, 9.17) is 17.3 Å². The molecule has 0 fully saturated rings. The standard InChI is InChI=1S/C14H11ClF3N/c15-9-3-1-2-8(4-9)5-13(19)14-11(17)6-10(16)7-12(14)18/h1-4,6-7,13H,5,19H2. The molecule has 2 rings (SSSR count). The number of hydrogen-bond donors (Lipinski definition) is 1. The van der Waals surface area contributed by atoms with Crippen LogP contribution < -0.4 is 5.73 Å². The molecule has 0 aliphatic rings. The van der Waals surface area contributed by atoms with Gasteiger partial charge in [0.05, 0.1) is 0 Å². The molecule has 0 saturated carbocycles. The summed E-state index contributed by atoms with van der Waals surface area (Å²) in [5.41, 5.74) is 6.22. The van der Waals surface area contributed by atoms with Crippen LogP contribution in [0.25, 0.3) is 0 Å². The van der Waals surface area contributed by atoms with Gasteiger partial charge in [0.1, 0.15) is 17.5 Å². The van der Waals surface area contributed by atoms with Gasteiger partial charge >= 0.3 is 0 Å². The topological polar surface area (TPSA) is 26.0 Å². The van der Waals surface area contributed by atoms with Gasteiger partial charge < -0.3 is 5.73 Å². The maximum Gasteiger partial charge on any atom is 0.133 e. The summed E-state index contributed by atoms with van der Waals surface area (Å²) in [7, 11) is 0. The maximum absolute atomic E-state index is 13.6. The zero-order valence-electron chi connectivity index (χ0n) is 9.84. The van der Waals surface area contributed by atoms with Gasteiger partial charge in [-0.15, -0.1) is 0 Å². The van der Waals surface area contributed by atoms with E-state index in [1.165, 1.54) is 0 Å². The largest absolute Gasteiger partial charge is 0.323 e. The number of rotatable bonds is 3. The van der Waals surface area contributed by atoms with E-state index >= 15 is 0 Å². The lowest BCUT2D eigenvalue weighted by Crippen LogP contribution is -2.17. The van der Waals surface area contributed by atoms with Crippen LogP contribution in [-0.2, 0) is 6.42 Å². The van der Waals surface area contributed by atoms with Gasteiger partial charge in [-0.1, -0.05) is 23.7 Å². The summed E-state index contributed by atoms with van der Waals surface area (Å²) in [5, 5.41) is 0.518. The highest BCUT2D eigenvalue weighted by Gasteiger charge is 2.18. The minimum Gasteiger partial charge on any atom is -0.323 e. The first kappa shape index (κ1) is 13.9. The van der Waals surface area contributed by atoms with Crippen molar-refractivity contribution < 1.29 is 13.2 Å². The first-order valence-corrected chi connectivity index (χ1v) is 5.99. The van der Waals surface area contributed by atoms with E-state index in [2.05, 4.69) is 0 Å². The minimum atomic E-state index is -0.980. The normalized spacial score (nSPS) is 12.5. The smallest absolute Gasteiger partial charge is 0.133 e. The third-order valence-corrected chi connectivity index (χ3v) is 2.99. The van der Waals surface area contributed by atoms with Crippen LogP contribution in [-0.4, -0.2) is 0 Å². The van der Waals surface area contributed by atoms with Crippen molar-refractivity contribution in [3.8, 4) is 0 Å². The Hall–Kier alpha value is -1.52. The van der Waals surface area contributed by atoms with Crippen LogP contribution in [0.1, 0.15) is 17.2 Å². The monoisotopic (exact) mass is 285 g/mol. The molecule has 0 spiro atoms. The zero-order valence-corrected chi connectivity index (χ0v) is 10.6. The summed E-state index contributed by atoms with van der Waals surface area (Å²) in [6.07, 6.45) is 0.208. The molecule has 19 heavy (non-hydrogen) atoms. The van der Waals surface area contributed by atoms with Gasteiger partial charge in [-0.2, -0.15) is 0 Å². The van der Waals surface area contributed by atoms with Crippen LogP contribution >= 0.6 is 11.6 Å². The molecule has 2 N–H and O–H groups in total. The Bertz CT molecular complexity index is 578. The SMILES string of the molecule is NC(Cc1cccc(Cl)c1)c1c(F)cc(F)cc1F. The number of nitrogens with two attached hydrogens (primary N) is 1. The molecular formula is C14H11ClF3N. The molecule has 5 heteroatoms. The third-order valence-electron chi connectivity index (χ3n) is 2.76. The number of halogens is 4. The van der Waals surface area contributed by atoms with Gasteiger partial charge in [0.25, 0.3) is 0 Å². The van der Waals surface area contributed by atoms with Gasteiger partial charge in [-0.05, 0) is 24.1 Å². The van der Waals surface area contributed by atoms with Crippen LogP contribution in [0.2, 0.25) is 5.02 Å². The fourth-order valence-corrected chi connectivity index (χ4v) is 2.14. The van der Waals surface area contributed by atoms with Crippen molar-refractivity contribution in [1.82, 2.24) is 0 Å². The van der Waals surface area contributed by atoms with Gasteiger partial charge in [-0.25, -0.2) is 13.2 Å². The summed E-state index contributed by atoms with van der Waals surface area (Å²) in [4.78, 5) is 0. The molecule has 0 amide bonds. The number of hydrogen-bond acceptors (Lipinski definition) is 1. The van der Waals surface area contributed by atoms with Crippen LogP contribution in [0.15, 0.2) is 36.4 Å². The summed E-state index contributed by atoms with van der Waals surface area (Å²) in [6.45, 7) is 0. The van der Waals surface area contributed by atoms with E-state index in [1.54, 1.807) is 24.3 Å². The molecule has 0 saturated heterocycles. The van der Waals surface area contributed by atoms with Crippen molar-refractivity contribution in [3.63, 3.8) is 0 Å². The molecule has 0 aromatic heterocycles. The molecule has 0 radical (unpaired) electrons. The Kier molecular flexibility index (Phi) is 4.12. The molecular weight excluding hydrogens is 275 g/mol. The van der Waals surface area contributed by atoms with Crippen molar-refractivity contribution in [2.75, 3.05) is 0 Å². The summed E-state index contributed by atoms with van der Waals surface area (Å²) >= 11 is 5.82. The molecule has 2 aromatic rings. The molecule has 0 aliphatic heterocycles. The zero-order chi connectivity index (χ0) is 14.0. The quantitative estimate of drug-likeness (QED) is 0.906. The Balaban J connectivity index is 2.28. The van der Waals surface area contributed by atoms with Crippen molar-refractivity contribution in [2.24, 2.45) is 5.73 Å². The predicted octanol–water partition coefficient (Wildman–Crippen LogP) is 4.00. The highest BCUT2D eigenvalue weighted by Crippen LogP contribution is 2.24. The van der Waals surface area contributed by atoms with Crippen LogP contribution in [0.5, 0.6) is 0 Å². The van der Waals surface area contributed by atoms with Gasteiger partial charge in [0.15, 0.2) is 0 Å². The molecule has 0 heterocycles. The van der Waals surface area contributed by atoms with Crippen LogP contribution in [0.4, 0.5) is 13.2 Å². The first-order valence-electron chi connectivity index (χ1n) is 5.62. The van der Waals surface area contributed by atoms with E-state index in [-0.39, 0.29) is 12.0 Å². The molecule has 2 aromatic carbocycles. The molecule has 1 unspecified atom stereocenters. The van der Waals surface area contributed by atoms with Gasteiger partial charge in [0.2, 0.25) is 0 Å². The van der Waals surface area contributed by atoms with E-state index < -0.39 is 23.5 Å². The Morgan fingerprint density at radius 1 is 1.05 bits per heavy atom. The van der Waals surface area contributed by atoms with E-state index in [9.17, 15) is 13.2 Å². The summed E-state index contributed by atoms with van der Waals surface area (Å²) in [5.74, 6) is -2.92. The lowest BCUT2D eigenvalue weighted by Gasteiger charge is -2.14. The third kappa shape index (κ3) is 3.28. The predicted molar refractivity (Wildman–Crippen MR) is 68.4 cm³/mol. The highest BCUT2D eigenvalue weighted by atomic mass is 35.5. The summed E-state index contributed by atoms with van der Waals surface area (Å²) < 4.78 is 39.9. The molecule has 100 valence electrons. The Labute approximate surface area is 113 Å². The second kappa shape index (κ2) is 5.63. The van der Waals surface area contributed by atoms with E-state index in [0.29, 0.717) is 17.2 Å². The van der Waals surface area contributed by atoms with Gasteiger partial charge in [0, 0.05) is 28.8 Å². The average molecular weight is 286 g/mol.